The van der Waals surface area contributed by atoms with Crippen molar-refractivity contribution in [3.63, 3.8) is 0 Å². The highest BCUT2D eigenvalue weighted by atomic mass is 16.7. The first-order chi connectivity index (χ1) is 39.6. The van der Waals surface area contributed by atoms with Crippen molar-refractivity contribution >= 4 is 23.9 Å². The van der Waals surface area contributed by atoms with Gasteiger partial charge in [-0.25, -0.2) is 4.79 Å². The molecule has 0 spiro atoms. The molecule has 462 valence electrons. The van der Waals surface area contributed by atoms with Gasteiger partial charge in [0, 0.05) is 19.3 Å². The molecule has 0 aliphatic carbocycles. The number of aliphatic carboxylic acids is 1. The van der Waals surface area contributed by atoms with E-state index in [1.165, 1.54) is 96.3 Å². The Morgan fingerprint density at radius 1 is 0.420 bits per heavy atom. The molecule has 0 aromatic heterocycles. The molecule has 0 radical (unpaired) electrons. The molecule has 1 heterocycles. The minimum absolute atomic E-state index is 0.0691. The molecule has 1 aliphatic rings. The van der Waals surface area contributed by atoms with Crippen molar-refractivity contribution in [3.05, 3.63) is 97.2 Å². The number of ether oxygens (including phenoxy) is 5. The van der Waals surface area contributed by atoms with Crippen LogP contribution in [-0.4, -0.2) is 89.2 Å². The van der Waals surface area contributed by atoms with Gasteiger partial charge in [-0.1, -0.05) is 259 Å². The van der Waals surface area contributed by atoms with E-state index in [4.69, 9.17) is 23.7 Å². The van der Waals surface area contributed by atoms with Crippen molar-refractivity contribution < 1.29 is 58.2 Å². The van der Waals surface area contributed by atoms with Crippen LogP contribution in [0.25, 0.3) is 0 Å². The van der Waals surface area contributed by atoms with E-state index in [2.05, 4.69) is 99.8 Å². The van der Waals surface area contributed by atoms with Gasteiger partial charge in [-0.15, -0.1) is 0 Å². The van der Waals surface area contributed by atoms with Crippen LogP contribution in [-0.2, 0) is 42.9 Å². The molecule has 12 heteroatoms. The molecule has 6 unspecified atom stereocenters. The number of hydrogen-bond acceptors (Lipinski definition) is 11. The van der Waals surface area contributed by atoms with Gasteiger partial charge >= 0.3 is 23.9 Å². The minimum atomic E-state index is -1.93. The first-order valence-electron chi connectivity index (χ1n) is 32.2. The van der Waals surface area contributed by atoms with Crippen molar-refractivity contribution in [2.45, 2.75) is 302 Å². The van der Waals surface area contributed by atoms with Crippen LogP contribution in [0.2, 0.25) is 0 Å². The van der Waals surface area contributed by atoms with Crippen LogP contribution < -0.4 is 0 Å². The fourth-order valence-corrected chi connectivity index (χ4v) is 9.26. The summed E-state index contributed by atoms with van der Waals surface area (Å²) < 4.78 is 28.4. The first-order valence-corrected chi connectivity index (χ1v) is 32.2. The molecule has 0 aromatic rings. The first kappa shape index (κ1) is 74.7. The van der Waals surface area contributed by atoms with Crippen molar-refractivity contribution in [2.75, 3.05) is 13.2 Å². The maximum absolute atomic E-state index is 13.2. The van der Waals surface area contributed by atoms with Crippen LogP contribution in [0.3, 0.4) is 0 Å². The Bertz CT molecular complexity index is 1780. The SMILES string of the molecule is CC/C=C\C/C=C\C/C=C\C/C=C\C/C=C\C/C=C\CCC(=O)OC1C(OCC(COC(=O)CCCCCCCCCCCCCCCCCCCCC)OC(=O)CCCCCCC/C=C\C/C=C\CCC)OC(C(=O)O)C(O)C1O. The Morgan fingerprint density at radius 3 is 1.28 bits per heavy atom. The molecular formula is C69H114O12. The van der Waals surface area contributed by atoms with Gasteiger partial charge in [-0.2, -0.15) is 0 Å². The number of unbranched alkanes of at least 4 members (excludes halogenated alkanes) is 24. The van der Waals surface area contributed by atoms with Crippen molar-refractivity contribution in [1.82, 2.24) is 0 Å². The summed E-state index contributed by atoms with van der Waals surface area (Å²) in [6, 6.07) is 0. The van der Waals surface area contributed by atoms with Gasteiger partial charge in [-0.3, -0.25) is 14.4 Å². The number of carboxylic acid groups (broad SMARTS) is 1. The van der Waals surface area contributed by atoms with Crippen molar-refractivity contribution in [2.24, 2.45) is 0 Å². The number of carbonyl (C=O) groups is 4. The minimum Gasteiger partial charge on any atom is -0.479 e. The molecule has 0 bridgehead atoms. The number of aliphatic hydroxyl groups excluding tert-OH is 2. The smallest absolute Gasteiger partial charge is 0.335 e. The summed E-state index contributed by atoms with van der Waals surface area (Å²) in [4.78, 5) is 51.2. The summed E-state index contributed by atoms with van der Waals surface area (Å²) in [6.45, 7) is 5.80. The quantitative estimate of drug-likeness (QED) is 0.0228. The van der Waals surface area contributed by atoms with Gasteiger partial charge < -0.3 is 39.0 Å². The third-order valence-electron chi connectivity index (χ3n) is 14.1. The van der Waals surface area contributed by atoms with Crippen molar-refractivity contribution in [1.29, 1.82) is 0 Å². The van der Waals surface area contributed by atoms with Crippen LogP contribution >= 0.6 is 0 Å². The van der Waals surface area contributed by atoms with E-state index >= 15 is 0 Å². The lowest BCUT2D eigenvalue weighted by Gasteiger charge is -2.40. The van der Waals surface area contributed by atoms with E-state index in [0.29, 0.717) is 25.7 Å². The van der Waals surface area contributed by atoms with Gasteiger partial charge in [0.05, 0.1) is 6.61 Å². The maximum atomic E-state index is 13.2. The lowest BCUT2D eigenvalue weighted by molar-refractivity contribution is -0.301. The largest absolute Gasteiger partial charge is 0.479 e. The molecule has 6 atom stereocenters. The second-order valence-corrected chi connectivity index (χ2v) is 21.7. The number of aliphatic hydroxyl groups is 2. The molecule has 1 aliphatic heterocycles. The van der Waals surface area contributed by atoms with E-state index in [0.717, 1.165) is 103 Å². The fraction of sp³-hybridized carbons (Fsp3) is 0.710. The predicted molar refractivity (Wildman–Crippen MR) is 331 cm³/mol. The molecule has 0 aromatic carbocycles. The van der Waals surface area contributed by atoms with Crippen LogP contribution in [0, 0.1) is 0 Å². The lowest BCUT2D eigenvalue weighted by atomic mass is 9.98. The van der Waals surface area contributed by atoms with Crippen LogP contribution in [0.1, 0.15) is 265 Å². The number of rotatable bonds is 54. The van der Waals surface area contributed by atoms with Gasteiger partial charge in [0.1, 0.15) is 18.8 Å². The normalized spacial score (nSPS) is 18.4. The Balaban J connectivity index is 2.68. The molecule has 12 nitrogen and oxygen atoms in total. The highest BCUT2D eigenvalue weighted by Crippen LogP contribution is 2.26. The van der Waals surface area contributed by atoms with Gasteiger partial charge in [0.2, 0.25) is 0 Å². The summed E-state index contributed by atoms with van der Waals surface area (Å²) in [7, 11) is 0. The van der Waals surface area contributed by atoms with E-state index < -0.39 is 67.3 Å². The molecule has 1 saturated heterocycles. The highest BCUT2D eigenvalue weighted by Gasteiger charge is 2.50. The third-order valence-corrected chi connectivity index (χ3v) is 14.1. The van der Waals surface area contributed by atoms with E-state index in [1.54, 1.807) is 0 Å². The average molecular weight is 1140 g/mol. The fourth-order valence-electron chi connectivity index (χ4n) is 9.26. The number of esters is 3. The number of carboxylic acids is 1. The van der Waals surface area contributed by atoms with E-state index in [9.17, 15) is 34.5 Å². The second-order valence-electron chi connectivity index (χ2n) is 21.7. The summed E-state index contributed by atoms with van der Waals surface area (Å²) >= 11 is 0. The maximum Gasteiger partial charge on any atom is 0.335 e. The van der Waals surface area contributed by atoms with Gasteiger partial charge in [0.15, 0.2) is 24.6 Å². The van der Waals surface area contributed by atoms with Crippen LogP contribution in [0.15, 0.2) is 97.2 Å². The predicted octanol–water partition coefficient (Wildman–Crippen LogP) is 17.2. The second kappa shape index (κ2) is 56.1. The Morgan fingerprint density at radius 2 is 0.827 bits per heavy atom. The Labute approximate surface area is 492 Å². The zero-order valence-corrected chi connectivity index (χ0v) is 51.0. The zero-order chi connectivity index (χ0) is 58.9. The summed E-state index contributed by atoms with van der Waals surface area (Å²) in [5.74, 6) is -3.24. The third kappa shape index (κ3) is 45.8. The van der Waals surface area contributed by atoms with Crippen LogP contribution in [0.5, 0.6) is 0 Å². The number of carbonyl (C=O) groups excluding carboxylic acids is 3. The van der Waals surface area contributed by atoms with E-state index in [1.807, 2.05) is 18.2 Å². The highest BCUT2D eigenvalue weighted by molar-refractivity contribution is 5.74. The molecule has 0 amide bonds. The Kier molecular flexibility index (Phi) is 51.7. The summed E-state index contributed by atoms with van der Waals surface area (Å²) in [6.07, 6.45) is 62.4. The molecular weight excluding hydrogens is 1020 g/mol. The topological polar surface area (TPSA) is 175 Å². The molecule has 0 saturated carbocycles. The molecule has 1 rings (SSSR count). The molecule has 1 fully saturated rings. The number of hydrogen-bond donors (Lipinski definition) is 3. The molecule has 3 N–H and O–H groups in total. The number of allylic oxidation sites excluding steroid dienone is 16. The summed E-state index contributed by atoms with van der Waals surface area (Å²) in [5.41, 5.74) is 0. The van der Waals surface area contributed by atoms with Gasteiger partial charge in [-0.05, 0) is 83.5 Å². The lowest BCUT2D eigenvalue weighted by Crippen LogP contribution is -2.61. The monoisotopic (exact) mass is 1130 g/mol. The van der Waals surface area contributed by atoms with Gasteiger partial charge in [0.25, 0.3) is 0 Å². The Hall–Kier alpha value is -4.36. The zero-order valence-electron chi connectivity index (χ0n) is 51.0. The standard InChI is InChI=1S/C69H114O12/c1-4-7-10-13-16-19-22-25-27-29-31-33-35-38-40-43-46-49-52-55-61(70)77-58-60(79-62(71)56-53-50-47-44-41-37-24-21-18-15-12-9-6-3)59-78-69-67(65(74)64(73)66(81-69)68(75)76)80-63(72)57-54-51-48-45-42-39-36-34-32-30-28-26-23-20-17-14-11-8-5-2/h8,11-12,15,17,20-21,24,26,28,32,34,39,42,48,51,60,64-67,69,73-74H,4-7,9-10,13-14,16,18-19,22-23,25,27,29-31,33,35-38,40-41,43-47,49-50,52-59H2,1-3H3,(H,75,76)/b11-8-,15-12-,20-17-,24-21-,28-26-,34-32-,42-39-,51-48-. The summed E-state index contributed by atoms with van der Waals surface area (Å²) in [5, 5.41) is 31.5. The van der Waals surface area contributed by atoms with Crippen LogP contribution in [0.4, 0.5) is 0 Å². The van der Waals surface area contributed by atoms with E-state index in [-0.39, 0.29) is 25.9 Å². The van der Waals surface area contributed by atoms with Crippen molar-refractivity contribution in [3.8, 4) is 0 Å². The average Bonchev–Trinajstić information content (AvgIpc) is 3.54. The molecule has 81 heavy (non-hydrogen) atoms.